The van der Waals surface area contributed by atoms with Crippen LogP contribution in [0.4, 0.5) is 0 Å². The Hall–Kier alpha value is -1.66. The van der Waals surface area contributed by atoms with Crippen LogP contribution < -0.4 is 5.56 Å². The lowest BCUT2D eigenvalue weighted by Crippen LogP contribution is -2.27. The molecule has 0 aliphatic heterocycles. The first-order valence-electron chi connectivity index (χ1n) is 7.48. The van der Waals surface area contributed by atoms with Crippen LogP contribution in [0.3, 0.4) is 0 Å². The van der Waals surface area contributed by atoms with Gasteiger partial charge in [0.1, 0.15) is 21.9 Å². The molecule has 1 aromatic heterocycles. The van der Waals surface area contributed by atoms with E-state index in [1.807, 2.05) is 46.8 Å². The Morgan fingerprint density at radius 1 is 1.30 bits per heavy atom. The van der Waals surface area contributed by atoms with Crippen molar-refractivity contribution in [2.75, 3.05) is 0 Å². The fourth-order valence-corrected chi connectivity index (χ4v) is 2.83. The fourth-order valence-electron chi connectivity index (χ4n) is 2.21. The molecule has 1 aromatic carbocycles. The first-order valence-corrected chi connectivity index (χ1v) is 8.58. The molecule has 0 aliphatic rings. The van der Waals surface area contributed by atoms with Crippen molar-refractivity contribution in [2.45, 2.75) is 46.3 Å². The summed E-state index contributed by atoms with van der Waals surface area (Å²) in [6.45, 7) is 11.2. The molecule has 124 valence electrons. The third kappa shape index (κ3) is 3.48. The number of aryl methyl sites for hydroxylation is 2. The van der Waals surface area contributed by atoms with Gasteiger partial charge >= 0.3 is 0 Å². The second-order valence-corrected chi connectivity index (χ2v) is 8.68. The van der Waals surface area contributed by atoms with E-state index in [9.17, 15) is 9.35 Å². The molecule has 2 rings (SSSR count). The van der Waals surface area contributed by atoms with Crippen LogP contribution in [0.1, 0.15) is 44.6 Å². The van der Waals surface area contributed by atoms with Gasteiger partial charge in [0.15, 0.2) is 0 Å². The number of hydrogen-bond donors (Lipinski definition) is 0. The van der Waals surface area contributed by atoms with Gasteiger partial charge in [-0.1, -0.05) is 4.40 Å². The Bertz CT molecular complexity index is 848. The summed E-state index contributed by atoms with van der Waals surface area (Å²) in [4.78, 5) is 17.0. The van der Waals surface area contributed by atoms with E-state index in [1.165, 1.54) is 4.57 Å². The molecular weight excluding hydrogens is 310 g/mol. The van der Waals surface area contributed by atoms with Gasteiger partial charge in [-0.25, -0.2) is 4.98 Å². The minimum Gasteiger partial charge on any atom is -0.591 e. The van der Waals surface area contributed by atoms with Gasteiger partial charge in [-0.15, -0.1) is 0 Å². The summed E-state index contributed by atoms with van der Waals surface area (Å²) in [5.74, 6) is 0.636. The predicted octanol–water partition coefficient (Wildman–Crippen LogP) is 2.82. The lowest BCUT2D eigenvalue weighted by atomic mass is 10.0. The van der Waals surface area contributed by atoms with Crippen LogP contribution in [-0.4, -0.2) is 24.6 Å². The van der Waals surface area contributed by atoms with E-state index < -0.39 is 16.1 Å². The topological polar surface area (TPSA) is 70.3 Å². The van der Waals surface area contributed by atoms with Crippen molar-refractivity contribution in [1.82, 2.24) is 9.55 Å². The molecule has 0 bridgehead atoms. The Labute approximate surface area is 139 Å². The van der Waals surface area contributed by atoms with Gasteiger partial charge in [-0.3, -0.25) is 9.36 Å². The summed E-state index contributed by atoms with van der Waals surface area (Å²) < 4.78 is 17.7. The number of rotatable bonds is 2. The highest BCUT2D eigenvalue weighted by Crippen LogP contribution is 2.22. The number of nitrogens with zero attached hydrogens (tertiary/aromatic N) is 3. The number of fused-ring (bicyclic) bond motifs is 1. The van der Waals surface area contributed by atoms with Crippen molar-refractivity contribution in [3.63, 3.8) is 0 Å². The summed E-state index contributed by atoms with van der Waals surface area (Å²) in [6, 6.07) is 3.77. The minimum atomic E-state index is -1.36. The Kier molecular flexibility index (Phi) is 4.69. The maximum absolute atomic E-state index is 12.5. The molecule has 6 heteroatoms. The van der Waals surface area contributed by atoms with Gasteiger partial charge in [0.05, 0.1) is 16.6 Å². The van der Waals surface area contributed by atoms with Gasteiger partial charge in [-0.05, 0) is 59.2 Å². The largest absolute Gasteiger partial charge is 0.591 e. The van der Waals surface area contributed by atoms with Crippen molar-refractivity contribution in [3.8, 4) is 0 Å². The lowest BCUT2D eigenvalue weighted by Gasteiger charge is -2.19. The average Bonchev–Trinajstić information content (AvgIpc) is 2.44. The molecule has 0 spiro atoms. The average molecular weight is 333 g/mol. The molecule has 1 unspecified atom stereocenters. The summed E-state index contributed by atoms with van der Waals surface area (Å²) in [7, 11) is 1.71. The van der Waals surface area contributed by atoms with Crippen LogP contribution in [0.15, 0.2) is 21.3 Å². The molecule has 0 fully saturated rings. The van der Waals surface area contributed by atoms with Gasteiger partial charge in [0.2, 0.25) is 0 Å². The molecule has 1 heterocycles. The minimum absolute atomic E-state index is 0.0813. The fraction of sp³-hybridized carbons (Fsp3) is 0.471. The van der Waals surface area contributed by atoms with Crippen molar-refractivity contribution in [1.29, 1.82) is 0 Å². The highest BCUT2D eigenvalue weighted by atomic mass is 32.2. The number of hydrogen-bond acceptors (Lipinski definition) is 4. The zero-order chi connectivity index (χ0) is 17.5. The maximum Gasteiger partial charge on any atom is 0.261 e. The first-order chi connectivity index (χ1) is 10.5. The Balaban J connectivity index is 2.75. The molecular formula is C17H23N3O2S. The highest BCUT2D eigenvalue weighted by Gasteiger charge is 2.27. The van der Waals surface area contributed by atoms with Crippen molar-refractivity contribution in [3.05, 3.63) is 39.4 Å². The lowest BCUT2D eigenvalue weighted by molar-refractivity contribution is 0.561. The van der Waals surface area contributed by atoms with Gasteiger partial charge in [-0.2, -0.15) is 0 Å². The van der Waals surface area contributed by atoms with Gasteiger partial charge < -0.3 is 4.55 Å². The zero-order valence-corrected chi connectivity index (χ0v) is 15.5. The molecule has 23 heavy (non-hydrogen) atoms. The smallest absolute Gasteiger partial charge is 0.261 e. The van der Waals surface area contributed by atoms with Crippen LogP contribution in [0, 0.1) is 13.8 Å². The summed E-state index contributed by atoms with van der Waals surface area (Å²) in [5, 5.41) is 0.559. The van der Waals surface area contributed by atoms with Crippen LogP contribution in [-0.2, 0) is 18.4 Å². The SMILES string of the molecule is CC(=N[S+]([O-])C(C)(C)C)c1cc(C)cc2c(=O)n(C)c(C)nc12. The summed E-state index contributed by atoms with van der Waals surface area (Å²) >= 11 is -1.36. The molecule has 0 saturated heterocycles. The molecule has 1 atom stereocenters. The van der Waals surface area contributed by atoms with Gasteiger partial charge in [0, 0.05) is 12.6 Å². The molecule has 0 aliphatic carbocycles. The Morgan fingerprint density at radius 2 is 1.91 bits per heavy atom. The quantitative estimate of drug-likeness (QED) is 0.627. The molecule has 0 N–H and O–H groups in total. The van der Waals surface area contributed by atoms with E-state index >= 15 is 0 Å². The predicted molar refractivity (Wildman–Crippen MR) is 96.6 cm³/mol. The second-order valence-electron chi connectivity index (χ2n) is 6.77. The summed E-state index contributed by atoms with van der Waals surface area (Å²) in [5.41, 5.74) is 2.88. The Morgan fingerprint density at radius 3 is 2.48 bits per heavy atom. The third-order valence-electron chi connectivity index (χ3n) is 3.68. The summed E-state index contributed by atoms with van der Waals surface area (Å²) in [6.07, 6.45) is 0. The first kappa shape index (κ1) is 17.7. The van der Waals surface area contributed by atoms with Gasteiger partial charge in [0.25, 0.3) is 5.56 Å². The third-order valence-corrected chi connectivity index (χ3v) is 5.17. The van der Waals surface area contributed by atoms with Crippen LogP contribution in [0.2, 0.25) is 0 Å². The van der Waals surface area contributed by atoms with Crippen molar-refractivity contribution < 1.29 is 4.55 Å². The number of benzene rings is 1. The normalized spacial score (nSPS) is 14.3. The van der Waals surface area contributed by atoms with E-state index in [0.29, 0.717) is 22.4 Å². The zero-order valence-electron chi connectivity index (χ0n) is 14.7. The molecule has 0 radical (unpaired) electrons. The van der Waals surface area contributed by atoms with Crippen LogP contribution in [0.5, 0.6) is 0 Å². The monoisotopic (exact) mass is 333 g/mol. The van der Waals surface area contributed by atoms with E-state index in [2.05, 4.69) is 9.38 Å². The van der Waals surface area contributed by atoms with E-state index in [4.69, 9.17) is 0 Å². The highest BCUT2D eigenvalue weighted by molar-refractivity contribution is 7.91. The van der Waals surface area contributed by atoms with Crippen LogP contribution in [0.25, 0.3) is 10.9 Å². The van der Waals surface area contributed by atoms with Crippen LogP contribution >= 0.6 is 0 Å². The number of aromatic nitrogens is 2. The maximum atomic E-state index is 12.5. The molecule has 5 nitrogen and oxygen atoms in total. The van der Waals surface area contributed by atoms with E-state index in [-0.39, 0.29) is 5.56 Å². The van der Waals surface area contributed by atoms with Crippen molar-refractivity contribution in [2.24, 2.45) is 11.4 Å². The molecule has 0 saturated carbocycles. The second kappa shape index (κ2) is 6.09. The standard InChI is InChI=1S/C17H23N3O2S/c1-10-8-13(11(2)19-23(22)17(4,5)6)15-14(9-10)16(21)20(7)12(3)18-15/h8-9H,1-7H3. The van der Waals surface area contributed by atoms with E-state index in [0.717, 1.165) is 11.1 Å². The van der Waals surface area contributed by atoms with Crippen molar-refractivity contribution >= 4 is 28.0 Å². The molecule has 0 amide bonds. The van der Waals surface area contributed by atoms with E-state index in [1.54, 1.807) is 14.0 Å². The molecule has 2 aromatic rings.